The zero-order valence-electron chi connectivity index (χ0n) is 8.19. The van der Waals surface area contributed by atoms with Crippen LogP contribution in [0, 0.1) is 0 Å². The quantitative estimate of drug-likeness (QED) is 0.529. The van der Waals surface area contributed by atoms with Crippen molar-refractivity contribution in [2.75, 3.05) is 7.11 Å². The minimum Gasteiger partial charge on any atom is -0.494 e. The van der Waals surface area contributed by atoms with E-state index in [0.717, 1.165) is 0 Å². The van der Waals surface area contributed by atoms with Crippen LogP contribution in [0.2, 0.25) is 0 Å². The first-order valence-corrected chi connectivity index (χ1v) is 4.41. The summed E-state index contributed by atoms with van der Waals surface area (Å²) < 4.78 is 5.04. The van der Waals surface area contributed by atoms with Crippen LogP contribution in [0.5, 0.6) is 5.75 Å². The maximum Gasteiger partial charge on any atom is 0.167 e. The molecule has 0 amide bonds. The van der Waals surface area contributed by atoms with Gasteiger partial charge < -0.3 is 4.74 Å². The van der Waals surface area contributed by atoms with Gasteiger partial charge in [0.25, 0.3) is 0 Å². The highest BCUT2D eigenvalue weighted by atomic mass is 16.5. The molecule has 0 atom stereocenters. The first-order valence-electron chi connectivity index (χ1n) is 4.41. The Bertz CT molecular complexity index is 334. The maximum absolute atomic E-state index is 11.6. The van der Waals surface area contributed by atoms with E-state index in [4.69, 9.17) is 4.74 Å². The molecule has 0 N–H and O–H groups in total. The fraction of sp³-hybridized carbons (Fsp3) is 0.273. The van der Waals surface area contributed by atoms with E-state index in [1.165, 1.54) is 7.11 Å². The summed E-state index contributed by atoms with van der Waals surface area (Å²) in [4.78, 5) is 15.5. The van der Waals surface area contributed by atoms with Gasteiger partial charge in [-0.15, -0.1) is 6.58 Å². The molecule has 1 aromatic rings. The van der Waals surface area contributed by atoms with Gasteiger partial charge in [-0.1, -0.05) is 6.08 Å². The number of allylic oxidation sites excluding steroid dienone is 1. The molecule has 1 aromatic heterocycles. The van der Waals surface area contributed by atoms with Crippen molar-refractivity contribution in [1.82, 2.24) is 4.98 Å². The summed E-state index contributed by atoms with van der Waals surface area (Å²) in [5, 5.41) is 0. The highest BCUT2D eigenvalue weighted by Gasteiger charge is 2.10. The predicted octanol–water partition coefficient (Wildman–Crippen LogP) is 2.24. The molecule has 74 valence electrons. The Morgan fingerprint density at radius 3 is 3.14 bits per heavy atom. The highest BCUT2D eigenvalue weighted by Crippen LogP contribution is 2.18. The van der Waals surface area contributed by atoms with Crippen LogP contribution in [0.1, 0.15) is 23.2 Å². The first-order chi connectivity index (χ1) is 6.79. The van der Waals surface area contributed by atoms with Crippen molar-refractivity contribution in [3.05, 3.63) is 36.7 Å². The topological polar surface area (TPSA) is 39.2 Å². The van der Waals surface area contributed by atoms with Gasteiger partial charge in [-0.05, 0) is 12.5 Å². The molecule has 1 rings (SSSR count). The largest absolute Gasteiger partial charge is 0.494 e. The van der Waals surface area contributed by atoms with Crippen molar-refractivity contribution < 1.29 is 9.53 Å². The molecule has 0 fully saturated rings. The molecule has 3 heteroatoms. The number of aromatic nitrogens is 1. The summed E-state index contributed by atoms with van der Waals surface area (Å²) in [6.45, 7) is 3.57. The number of ketones is 1. The lowest BCUT2D eigenvalue weighted by molar-refractivity contribution is 0.0980. The minimum atomic E-state index is 0.0594. The van der Waals surface area contributed by atoms with E-state index in [-0.39, 0.29) is 5.78 Å². The van der Waals surface area contributed by atoms with E-state index in [9.17, 15) is 4.79 Å². The van der Waals surface area contributed by atoms with Crippen molar-refractivity contribution in [3.8, 4) is 5.75 Å². The number of carbonyl (C=O) groups is 1. The van der Waals surface area contributed by atoms with Crippen LogP contribution in [0.15, 0.2) is 31.1 Å². The average Bonchev–Trinajstić information content (AvgIpc) is 2.25. The summed E-state index contributed by atoms with van der Waals surface area (Å²) in [7, 11) is 1.53. The zero-order valence-corrected chi connectivity index (χ0v) is 8.19. The van der Waals surface area contributed by atoms with Gasteiger partial charge >= 0.3 is 0 Å². The average molecular weight is 191 g/mol. The molecule has 0 saturated carbocycles. The Kier molecular flexibility index (Phi) is 3.85. The second-order valence-corrected chi connectivity index (χ2v) is 2.83. The normalized spacial score (nSPS) is 9.50. The van der Waals surface area contributed by atoms with Gasteiger partial charge in [0.1, 0.15) is 5.75 Å². The molecular weight excluding hydrogens is 178 g/mol. The second-order valence-electron chi connectivity index (χ2n) is 2.83. The zero-order chi connectivity index (χ0) is 10.4. The van der Waals surface area contributed by atoms with Crippen molar-refractivity contribution in [3.63, 3.8) is 0 Å². The number of methoxy groups -OCH3 is 1. The number of nitrogens with zero attached hydrogens (tertiary/aromatic N) is 1. The Morgan fingerprint density at radius 1 is 1.71 bits per heavy atom. The van der Waals surface area contributed by atoms with Gasteiger partial charge in [0, 0.05) is 12.6 Å². The fourth-order valence-corrected chi connectivity index (χ4v) is 1.14. The Balaban J connectivity index is 2.82. The summed E-state index contributed by atoms with van der Waals surface area (Å²) in [6, 6.07) is 1.67. The molecule has 0 aromatic carbocycles. The van der Waals surface area contributed by atoms with Gasteiger partial charge in [-0.25, -0.2) is 0 Å². The Morgan fingerprint density at radius 2 is 2.50 bits per heavy atom. The van der Waals surface area contributed by atoms with Gasteiger partial charge in [-0.2, -0.15) is 0 Å². The first kappa shape index (κ1) is 10.4. The lowest BCUT2D eigenvalue weighted by atomic mass is 10.1. The maximum atomic E-state index is 11.6. The number of ether oxygens (including phenoxy) is 1. The van der Waals surface area contributed by atoms with E-state index in [1.54, 1.807) is 24.5 Å². The van der Waals surface area contributed by atoms with Gasteiger partial charge in [0.2, 0.25) is 0 Å². The van der Waals surface area contributed by atoms with Gasteiger partial charge in [0.15, 0.2) is 5.78 Å². The Hall–Kier alpha value is -1.64. The number of Topliss-reactive ketones (excluding diaryl/α,β-unsaturated/α-hetero) is 1. The molecule has 0 unspecified atom stereocenters. The van der Waals surface area contributed by atoms with Crippen molar-refractivity contribution in [2.24, 2.45) is 0 Å². The molecule has 0 saturated heterocycles. The standard InChI is InChI=1S/C11H13NO2/c1-3-4-5-10(13)9-6-7-12-8-11(9)14-2/h3,6-8H,1,4-5H2,2H3. The van der Waals surface area contributed by atoms with Crippen LogP contribution < -0.4 is 4.74 Å². The Labute approximate surface area is 83.4 Å². The number of carbonyl (C=O) groups excluding carboxylic acids is 1. The van der Waals surface area contributed by atoms with E-state index in [1.807, 2.05) is 0 Å². The number of rotatable bonds is 5. The second kappa shape index (κ2) is 5.17. The molecule has 0 bridgehead atoms. The molecule has 3 nitrogen and oxygen atoms in total. The van der Waals surface area contributed by atoms with Crippen molar-refractivity contribution >= 4 is 5.78 Å². The van der Waals surface area contributed by atoms with Crippen molar-refractivity contribution in [1.29, 1.82) is 0 Å². The number of hydrogen-bond donors (Lipinski definition) is 0. The third-order valence-electron chi connectivity index (χ3n) is 1.88. The van der Waals surface area contributed by atoms with Crippen LogP contribution in [0.4, 0.5) is 0 Å². The number of hydrogen-bond acceptors (Lipinski definition) is 3. The van der Waals surface area contributed by atoms with Crippen molar-refractivity contribution in [2.45, 2.75) is 12.8 Å². The summed E-state index contributed by atoms with van der Waals surface area (Å²) in [6.07, 6.45) is 6.00. The van der Waals surface area contributed by atoms with Crippen LogP contribution in [-0.2, 0) is 0 Å². The highest BCUT2D eigenvalue weighted by molar-refractivity contribution is 5.98. The molecule has 0 spiro atoms. The smallest absolute Gasteiger partial charge is 0.167 e. The predicted molar refractivity (Wildman–Crippen MR) is 54.6 cm³/mol. The molecule has 1 heterocycles. The number of pyridine rings is 1. The summed E-state index contributed by atoms with van der Waals surface area (Å²) >= 11 is 0. The molecule has 0 aliphatic carbocycles. The molecule has 14 heavy (non-hydrogen) atoms. The third kappa shape index (κ3) is 2.42. The minimum absolute atomic E-state index is 0.0594. The SMILES string of the molecule is C=CCCC(=O)c1ccncc1OC. The van der Waals surface area contributed by atoms with Crippen LogP contribution in [-0.4, -0.2) is 17.9 Å². The van der Waals surface area contributed by atoms with Gasteiger partial charge in [-0.3, -0.25) is 9.78 Å². The van der Waals surface area contributed by atoms with E-state index in [2.05, 4.69) is 11.6 Å². The van der Waals surface area contributed by atoms with E-state index >= 15 is 0 Å². The third-order valence-corrected chi connectivity index (χ3v) is 1.88. The van der Waals surface area contributed by atoms with E-state index in [0.29, 0.717) is 24.2 Å². The van der Waals surface area contributed by atoms with Crippen LogP contribution in [0.25, 0.3) is 0 Å². The van der Waals surface area contributed by atoms with Crippen LogP contribution in [0.3, 0.4) is 0 Å². The lowest BCUT2D eigenvalue weighted by Crippen LogP contribution is -2.01. The molecule has 0 aliphatic rings. The van der Waals surface area contributed by atoms with Gasteiger partial charge in [0.05, 0.1) is 18.9 Å². The lowest BCUT2D eigenvalue weighted by Gasteiger charge is -2.05. The van der Waals surface area contributed by atoms with E-state index < -0.39 is 0 Å². The van der Waals surface area contributed by atoms with Crippen LogP contribution >= 0.6 is 0 Å². The summed E-state index contributed by atoms with van der Waals surface area (Å²) in [5.41, 5.74) is 0.587. The summed E-state index contributed by atoms with van der Waals surface area (Å²) in [5.74, 6) is 0.589. The molecule has 0 radical (unpaired) electrons. The fourth-order valence-electron chi connectivity index (χ4n) is 1.14. The molecular formula is C11H13NO2. The molecule has 0 aliphatic heterocycles. The monoisotopic (exact) mass is 191 g/mol.